The molecule has 0 radical (unpaired) electrons. The number of alkyl carbamates (subject to hydrolysis) is 1. The molecule has 1 aromatic rings. The first kappa shape index (κ1) is 12.7. The third-order valence-electron chi connectivity index (χ3n) is 3.28. The van der Waals surface area contributed by atoms with Gasteiger partial charge in [-0.15, -0.1) is 0 Å². The average molecular weight is 249 g/mol. The maximum Gasteiger partial charge on any atom is 0.407 e. The van der Waals surface area contributed by atoms with Crippen LogP contribution in [-0.4, -0.2) is 25.3 Å². The minimum atomic E-state index is -0.344. The number of rotatable bonds is 5. The van der Waals surface area contributed by atoms with E-state index in [1.54, 1.807) is 7.11 Å². The summed E-state index contributed by atoms with van der Waals surface area (Å²) in [7, 11) is 1.66. The van der Waals surface area contributed by atoms with E-state index in [1.807, 2.05) is 19.1 Å². The van der Waals surface area contributed by atoms with E-state index in [1.165, 1.54) is 5.56 Å². The van der Waals surface area contributed by atoms with Crippen molar-refractivity contribution in [2.75, 3.05) is 13.7 Å². The molecule has 1 saturated heterocycles. The second-order valence-electron chi connectivity index (χ2n) is 4.89. The van der Waals surface area contributed by atoms with Crippen molar-refractivity contribution in [3.8, 4) is 5.75 Å². The molecule has 1 amide bonds. The van der Waals surface area contributed by atoms with Crippen LogP contribution in [0.15, 0.2) is 24.3 Å². The summed E-state index contributed by atoms with van der Waals surface area (Å²) in [6.07, 6.45) is 2.55. The Morgan fingerprint density at radius 2 is 2.11 bits per heavy atom. The van der Waals surface area contributed by atoms with Crippen molar-refractivity contribution in [2.24, 2.45) is 0 Å². The molecule has 98 valence electrons. The van der Waals surface area contributed by atoms with E-state index in [-0.39, 0.29) is 11.7 Å². The summed E-state index contributed by atoms with van der Waals surface area (Å²) in [5.41, 5.74) is 0.931. The second kappa shape index (κ2) is 5.29. The predicted molar refractivity (Wildman–Crippen MR) is 68.8 cm³/mol. The van der Waals surface area contributed by atoms with Crippen LogP contribution in [0.1, 0.15) is 25.3 Å². The number of benzene rings is 1. The summed E-state index contributed by atoms with van der Waals surface area (Å²) in [6.45, 7) is 2.58. The lowest BCUT2D eigenvalue weighted by atomic mass is 9.97. The maximum absolute atomic E-state index is 11.0. The fourth-order valence-corrected chi connectivity index (χ4v) is 2.15. The number of cyclic esters (lactones) is 1. The Balaban J connectivity index is 1.79. The SMILES string of the molecule is COc1ccc(CCC[C@]2(C)CNC(=O)O2)cc1. The largest absolute Gasteiger partial charge is 0.497 e. The number of hydrogen-bond acceptors (Lipinski definition) is 3. The topological polar surface area (TPSA) is 47.6 Å². The predicted octanol–water partition coefficient (Wildman–Crippen LogP) is 2.52. The molecular formula is C14H19NO3. The number of aryl methyl sites for hydroxylation is 1. The van der Waals surface area contributed by atoms with Crippen LogP contribution in [0, 0.1) is 0 Å². The van der Waals surface area contributed by atoms with Crippen molar-refractivity contribution in [3.63, 3.8) is 0 Å². The van der Waals surface area contributed by atoms with Gasteiger partial charge in [-0.2, -0.15) is 0 Å². The van der Waals surface area contributed by atoms with Crippen LogP contribution >= 0.6 is 0 Å². The number of ether oxygens (including phenoxy) is 2. The average Bonchev–Trinajstić information content (AvgIpc) is 2.70. The molecular weight excluding hydrogens is 230 g/mol. The molecule has 4 heteroatoms. The van der Waals surface area contributed by atoms with Crippen LogP contribution in [0.3, 0.4) is 0 Å². The van der Waals surface area contributed by atoms with Crippen LogP contribution in [-0.2, 0) is 11.2 Å². The van der Waals surface area contributed by atoms with Crippen molar-refractivity contribution in [1.29, 1.82) is 0 Å². The van der Waals surface area contributed by atoms with Crippen molar-refractivity contribution < 1.29 is 14.3 Å². The summed E-state index contributed by atoms with van der Waals surface area (Å²) in [4.78, 5) is 11.0. The van der Waals surface area contributed by atoms with Gasteiger partial charge in [0, 0.05) is 0 Å². The van der Waals surface area contributed by atoms with Crippen molar-refractivity contribution >= 4 is 6.09 Å². The smallest absolute Gasteiger partial charge is 0.407 e. The van der Waals surface area contributed by atoms with E-state index in [0.29, 0.717) is 6.54 Å². The zero-order valence-corrected chi connectivity index (χ0v) is 10.9. The van der Waals surface area contributed by atoms with Crippen molar-refractivity contribution in [1.82, 2.24) is 5.32 Å². The molecule has 2 rings (SSSR count). The fourth-order valence-electron chi connectivity index (χ4n) is 2.15. The lowest BCUT2D eigenvalue weighted by Crippen LogP contribution is -2.29. The van der Waals surface area contributed by atoms with Gasteiger partial charge < -0.3 is 14.8 Å². The molecule has 18 heavy (non-hydrogen) atoms. The lowest BCUT2D eigenvalue weighted by molar-refractivity contribution is 0.0636. The highest BCUT2D eigenvalue weighted by Crippen LogP contribution is 2.23. The molecule has 1 aromatic carbocycles. The quantitative estimate of drug-likeness (QED) is 0.872. The van der Waals surface area contributed by atoms with Crippen LogP contribution in [0.5, 0.6) is 5.75 Å². The molecule has 1 N–H and O–H groups in total. The Hall–Kier alpha value is -1.71. The van der Waals surface area contributed by atoms with Gasteiger partial charge in [0.25, 0.3) is 0 Å². The highest BCUT2D eigenvalue weighted by molar-refractivity contribution is 5.70. The molecule has 0 aliphatic carbocycles. The van der Waals surface area contributed by atoms with Crippen LogP contribution in [0.4, 0.5) is 4.79 Å². The molecule has 0 bridgehead atoms. The standard InChI is InChI=1S/C14H19NO3/c1-14(10-15-13(16)18-14)9-3-4-11-5-7-12(17-2)8-6-11/h5-8H,3-4,9-10H2,1-2H3,(H,15,16)/t14-/m1/s1. The van der Waals surface area contributed by atoms with E-state index in [4.69, 9.17) is 9.47 Å². The van der Waals surface area contributed by atoms with Gasteiger partial charge in [-0.05, 0) is 43.9 Å². The Kier molecular flexibility index (Phi) is 3.75. The third-order valence-corrected chi connectivity index (χ3v) is 3.28. The highest BCUT2D eigenvalue weighted by atomic mass is 16.6. The molecule has 0 aromatic heterocycles. The van der Waals surface area contributed by atoms with E-state index in [9.17, 15) is 4.79 Å². The Labute approximate surface area is 107 Å². The Bertz CT molecular complexity index is 416. The third kappa shape index (κ3) is 3.15. The molecule has 1 atom stereocenters. The first-order valence-corrected chi connectivity index (χ1v) is 6.21. The highest BCUT2D eigenvalue weighted by Gasteiger charge is 2.34. The minimum absolute atomic E-state index is 0.304. The van der Waals surface area contributed by atoms with Gasteiger partial charge in [-0.1, -0.05) is 12.1 Å². The zero-order chi connectivity index (χ0) is 13.0. The van der Waals surface area contributed by atoms with E-state index in [2.05, 4.69) is 17.4 Å². The molecule has 0 spiro atoms. The van der Waals surface area contributed by atoms with Crippen molar-refractivity contribution in [2.45, 2.75) is 31.8 Å². The van der Waals surface area contributed by atoms with Gasteiger partial charge in [0.15, 0.2) is 0 Å². The first-order chi connectivity index (χ1) is 8.61. The molecule has 1 aliphatic heterocycles. The molecule has 4 nitrogen and oxygen atoms in total. The monoisotopic (exact) mass is 249 g/mol. The van der Waals surface area contributed by atoms with Gasteiger partial charge in [0.2, 0.25) is 0 Å². The van der Waals surface area contributed by atoms with Gasteiger partial charge >= 0.3 is 6.09 Å². The van der Waals surface area contributed by atoms with Crippen LogP contribution < -0.4 is 10.1 Å². The molecule has 1 heterocycles. The first-order valence-electron chi connectivity index (χ1n) is 6.21. The fraction of sp³-hybridized carbons (Fsp3) is 0.500. The van der Waals surface area contributed by atoms with Gasteiger partial charge in [-0.3, -0.25) is 0 Å². The number of amides is 1. The summed E-state index contributed by atoms with van der Waals surface area (Å²) < 4.78 is 10.4. The number of carbonyl (C=O) groups is 1. The van der Waals surface area contributed by atoms with Crippen molar-refractivity contribution in [3.05, 3.63) is 29.8 Å². The second-order valence-corrected chi connectivity index (χ2v) is 4.89. The minimum Gasteiger partial charge on any atom is -0.497 e. The Morgan fingerprint density at radius 3 is 2.67 bits per heavy atom. The molecule has 0 saturated carbocycles. The number of hydrogen-bond donors (Lipinski definition) is 1. The molecule has 1 fully saturated rings. The number of nitrogens with one attached hydrogen (secondary N) is 1. The maximum atomic E-state index is 11.0. The molecule has 1 aliphatic rings. The number of methoxy groups -OCH3 is 1. The number of carbonyl (C=O) groups excluding carboxylic acids is 1. The lowest BCUT2D eigenvalue weighted by Gasteiger charge is -2.20. The zero-order valence-electron chi connectivity index (χ0n) is 10.9. The Morgan fingerprint density at radius 1 is 1.39 bits per heavy atom. The molecule has 0 unspecified atom stereocenters. The summed E-state index contributed by atoms with van der Waals surface area (Å²) in [5, 5.41) is 2.70. The summed E-state index contributed by atoms with van der Waals surface area (Å²) >= 11 is 0. The van der Waals surface area contributed by atoms with Crippen LogP contribution in [0.2, 0.25) is 0 Å². The van der Waals surface area contributed by atoms with E-state index >= 15 is 0 Å². The summed E-state index contributed by atoms with van der Waals surface area (Å²) in [5.74, 6) is 0.875. The van der Waals surface area contributed by atoms with Crippen LogP contribution in [0.25, 0.3) is 0 Å². The summed E-state index contributed by atoms with van der Waals surface area (Å²) in [6, 6.07) is 8.07. The normalized spacial score (nSPS) is 22.4. The van der Waals surface area contributed by atoms with Gasteiger partial charge in [-0.25, -0.2) is 4.79 Å². The van der Waals surface area contributed by atoms with E-state index < -0.39 is 0 Å². The van der Waals surface area contributed by atoms with Gasteiger partial charge in [0.1, 0.15) is 11.4 Å². The van der Waals surface area contributed by atoms with E-state index in [0.717, 1.165) is 25.0 Å². The van der Waals surface area contributed by atoms with Gasteiger partial charge in [0.05, 0.1) is 13.7 Å².